The summed E-state index contributed by atoms with van der Waals surface area (Å²) >= 11 is 0. The van der Waals surface area contributed by atoms with Gasteiger partial charge in [0.25, 0.3) is 0 Å². The first-order valence-corrected chi connectivity index (χ1v) is 5.15. The van der Waals surface area contributed by atoms with E-state index in [0.717, 1.165) is 0 Å². The molecule has 2 heterocycles. The van der Waals surface area contributed by atoms with E-state index in [9.17, 15) is 0 Å². The van der Waals surface area contributed by atoms with Crippen LogP contribution in [0.25, 0.3) is 0 Å². The number of piperidine rings is 1. The molecule has 2 heteroatoms. The van der Waals surface area contributed by atoms with Crippen molar-refractivity contribution in [3.63, 3.8) is 0 Å². The molecule has 1 unspecified atom stereocenters. The summed E-state index contributed by atoms with van der Waals surface area (Å²) in [6.45, 7) is 5.29. The van der Waals surface area contributed by atoms with Crippen LogP contribution in [0.3, 0.4) is 0 Å². The highest BCUT2D eigenvalue weighted by Gasteiger charge is 2.42. The quantitative estimate of drug-likeness (QED) is 0.530. The maximum atomic E-state index is 3.51. The molecule has 2 fully saturated rings. The molecule has 0 radical (unpaired) electrons. The van der Waals surface area contributed by atoms with Gasteiger partial charge in [-0.2, -0.15) is 0 Å². The third-order valence-electron chi connectivity index (χ3n) is 3.57. The van der Waals surface area contributed by atoms with Gasteiger partial charge in [-0.3, -0.25) is 0 Å². The minimum Gasteiger partial charge on any atom is -0.328 e. The Kier molecular flexibility index (Phi) is 1.92. The van der Waals surface area contributed by atoms with E-state index in [2.05, 4.69) is 19.4 Å². The fourth-order valence-corrected chi connectivity index (χ4v) is 3.09. The van der Waals surface area contributed by atoms with Gasteiger partial charge in [0.15, 0.2) is 0 Å². The molecule has 2 saturated heterocycles. The van der Waals surface area contributed by atoms with Crippen molar-refractivity contribution in [1.29, 1.82) is 0 Å². The minimum atomic E-state index is 0.668. The van der Waals surface area contributed by atoms with E-state index in [-0.39, 0.29) is 0 Å². The van der Waals surface area contributed by atoms with Gasteiger partial charge in [-0.25, -0.2) is 0 Å². The maximum Gasteiger partial charge on any atom is 0.0852 e. The van der Waals surface area contributed by atoms with E-state index in [1.165, 1.54) is 49.9 Å². The number of quaternary nitrogens is 1. The number of likely N-dealkylation sites (tertiary alicyclic amines) is 1. The molecule has 1 atom stereocenters. The number of hydrogen-bond acceptors (Lipinski definition) is 1. The van der Waals surface area contributed by atoms with Gasteiger partial charge in [0.2, 0.25) is 0 Å². The van der Waals surface area contributed by atoms with Crippen molar-refractivity contribution >= 4 is 0 Å². The molecular formula is C10H21N2+. The van der Waals surface area contributed by atoms with Gasteiger partial charge in [-0.1, -0.05) is 0 Å². The van der Waals surface area contributed by atoms with E-state index in [0.29, 0.717) is 5.41 Å². The highest BCUT2D eigenvalue weighted by atomic mass is 15.3. The smallest absolute Gasteiger partial charge is 0.0852 e. The van der Waals surface area contributed by atoms with Crippen LogP contribution in [0.5, 0.6) is 0 Å². The molecule has 0 amide bonds. The second kappa shape index (κ2) is 2.71. The number of hydrogen-bond donors (Lipinski definition) is 1. The van der Waals surface area contributed by atoms with E-state index in [1.54, 1.807) is 0 Å². The van der Waals surface area contributed by atoms with Crippen LogP contribution in [-0.2, 0) is 0 Å². The minimum absolute atomic E-state index is 0.668. The molecule has 0 saturated carbocycles. The van der Waals surface area contributed by atoms with Crippen LogP contribution < -0.4 is 5.32 Å². The Morgan fingerprint density at radius 3 is 2.67 bits per heavy atom. The predicted octanol–water partition coefficient (Wildman–Crippen LogP) is 0.836. The second-order valence-electron chi connectivity index (χ2n) is 5.35. The Labute approximate surface area is 75.5 Å². The average molecular weight is 169 g/mol. The molecule has 0 aliphatic carbocycles. The average Bonchev–Trinajstić information content (AvgIpc) is 2.34. The number of rotatable bonds is 0. The number of nitrogens with zero attached hydrogens (tertiary/aromatic N) is 1. The highest BCUT2D eigenvalue weighted by Crippen LogP contribution is 2.36. The second-order valence-corrected chi connectivity index (χ2v) is 5.35. The Morgan fingerprint density at radius 2 is 2.08 bits per heavy atom. The van der Waals surface area contributed by atoms with Gasteiger partial charge < -0.3 is 9.80 Å². The lowest BCUT2D eigenvalue weighted by atomic mass is 9.78. The summed E-state index contributed by atoms with van der Waals surface area (Å²) in [6.07, 6.45) is 4.30. The summed E-state index contributed by atoms with van der Waals surface area (Å²) in [4.78, 5) is 0. The third-order valence-corrected chi connectivity index (χ3v) is 3.57. The SMILES string of the molecule is C[N+]1(C)CCCC2(CCNC2)C1. The van der Waals surface area contributed by atoms with Crippen LogP contribution in [0.1, 0.15) is 19.3 Å². The lowest BCUT2D eigenvalue weighted by Crippen LogP contribution is -2.53. The maximum absolute atomic E-state index is 3.51. The Balaban J connectivity index is 2.07. The molecule has 12 heavy (non-hydrogen) atoms. The van der Waals surface area contributed by atoms with Crippen LogP contribution in [0, 0.1) is 5.41 Å². The molecule has 2 rings (SSSR count). The van der Waals surface area contributed by atoms with Gasteiger partial charge in [-0.05, 0) is 25.8 Å². The van der Waals surface area contributed by atoms with E-state index >= 15 is 0 Å². The lowest BCUT2D eigenvalue weighted by molar-refractivity contribution is -0.902. The van der Waals surface area contributed by atoms with Crippen LogP contribution in [0.4, 0.5) is 0 Å². The van der Waals surface area contributed by atoms with E-state index in [1.807, 2.05) is 0 Å². The summed E-state index contributed by atoms with van der Waals surface area (Å²) in [5, 5.41) is 3.51. The first kappa shape index (κ1) is 8.52. The van der Waals surface area contributed by atoms with Crippen molar-refractivity contribution in [2.24, 2.45) is 5.41 Å². The van der Waals surface area contributed by atoms with Crippen molar-refractivity contribution in [3.8, 4) is 0 Å². The van der Waals surface area contributed by atoms with Gasteiger partial charge in [0.1, 0.15) is 0 Å². The summed E-state index contributed by atoms with van der Waals surface area (Å²) < 4.78 is 1.24. The van der Waals surface area contributed by atoms with Crippen LogP contribution in [0.2, 0.25) is 0 Å². The zero-order valence-corrected chi connectivity index (χ0v) is 8.40. The molecule has 2 aliphatic heterocycles. The summed E-state index contributed by atoms with van der Waals surface area (Å²) in [7, 11) is 4.75. The summed E-state index contributed by atoms with van der Waals surface area (Å²) in [6, 6.07) is 0. The van der Waals surface area contributed by atoms with Crippen molar-refractivity contribution in [2.45, 2.75) is 19.3 Å². The fraction of sp³-hybridized carbons (Fsp3) is 1.00. The monoisotopic (exact) mass is 169 g/mol. The summed E-state index contributed by atoms with van der Waals surface area (Å²) in [5.41, 5.74) is 0.668. The first-order chi connectivity index (χ1) is 5.62. The normalized spacial score (nSPS) is 40.5. The molecule has 0 aromatic carbocycles. The first-order valence-electron chi connectivity index (χ1n) is 5.15. The zero-order chi connectivity index (χ0) is 8.66. The molecular weight excluding hydrogens is 148 g/mol. The van der Waals surface area contributed by atoms with Crippen molar-refractivity contribution in [3.05, 3.63) is 0 Å². The number of nitrogens with one attached hydrogen (secondary N) is 1. The van der Waals surface area contributed by atoms with E-state index in [4.69, 9.17) is 0 Å². The lowest BCUT2D eigenvalue weighted by Gasteiger charge is -2.43. The molecule has 0 bridgehead atoms. The highest BCUT2D eigenvalue weighted by molar-refractivity contribution is 4.89. The fourth-order valence-electron chi connectivity index (χ4n) is 3.09. The molecule has 1 N–H and O–H groups in total. The third kappa shape index (κ3) is 1.50. The van der Waals surface area contributed by atoms with Crippen LogP contribution >= 0.6 is 0 Å². The van der Waals surface area contributed by atoms with Crippen LogP contribution in [-0.4, -0.2) is 44.8 Å². The van der Waals surface area contributed by atoms with Gasteiger partial charge in [0, 0.05) is 12.0 Å². The van der Waals surface area contributed by atoms with Gasteiger partial charge in [-0.15, -0.1) is 0 Å². The van der Waals surface area contributed by atoms with Crippen molar-refractivity contribution < 1.29 is 4.48 Å². The molecule has 70 valence electrons. The van der Waals surface area contributed by atoms with E-state index < -0.39 is 0 Å². The van der Waals surface area contributed by atoms with Crippen LogP contribution in [0.15, 0.2) is 0 Å². The molecule has 0 aromatic rings. The van der Waals surface area contributed by atoms with Crippen molar-refractivity contribution in [1.82, 2.24) is 5.32 Å². The zero-order valence-electron chi connectivity index (χ0n) is 8.40. The Bertz CT molecular complexity index is 169. The standard InChI is InChI=1S/C10H21N2/c1-12(2)7-3-4-10(9-12)5-6-11-8-10/h11H,3-9H2,1-2H3/q+1. The molecule has 1 spiro atoms. The molecule has 0 aromatic heterocycles. The molecule has 2 aliphatic rings. The Hall–Kier alpha value is -0.0800. The Morgan fingerprint density at radius 1 is 1.25 bits per heavy atom. The largest absolute Gasteiger partial charge is 0.328 e. The van der Waals surface area contributed by atoms with Gasteiger partial charge in [0.05, 0.1) is 27.2 Å². The topological polar surface area (TPSA) is 12.0 Å². The molecule has 2 nitrogen and oxygen atoms in total. The van der Waals surface area contributed by atoms with Crippen molar-refractivity contribution in [2.75, 3.05) is 40.3 Å². The van der Waals surface area contributed by atoms with Gasteiger partial charge >= 0.3 is 0 Å². The summed E-state index contributed by atoms with van der Waals surface area (Å²) in [5.74, 6) is 0. The predicted molar refractivity (Wildman–Crippen MR) is 51.0 cm³/mol.